The Morgan fingerprint density at radius 3 is 2.59 bits per heavy atom. The van der Waals surface area contributed by atoms with Crippen molar-refractivity contribution < 1.29 is 22.3 Å². The van der Waals surface area contributed by atoms with Crippen molar-refractivity contribution in [3.63, 3.8) is 0 Å². The summed E-state index contributed by atoms with van der Waals surface area (Å²) in [6.45, 7) is 10.6. The number of amides is 1. The summed E-state index contributed by atoms with van der Waals surface area (Å²) in [6.07, 6.45) is 1.73. The van der Waals surface area contributed by atoms with Crippen LogP contribution in [-0.4, -0.2) is 37.5 Å². The number of carbonyl (C=O) groups is 1. The number of pyridine rings is 1. The van der Waals surface area contributed by atoms with Crippen LogP contribution >= 0.6 is 0 Å². The summed E-state index contributed by atoms with van der Waals surface area (Å²) in [7, 11) is -4.19. The summed E-state index contributed by atoms with van der Waals surface area (Å²) in [5.74, 6) is -0.313. The van der Waals surface area contributed by atoms with Gasteiger partial charge in [-0.1, -0.05) is 19.9 Å². The van der Waals surface area contributed by atoms with Gasteiger partial charge in [-0.05, 0) is 82.0 Å². The first kappa shape index (κ1) is 28.4. The second-order valence-corrected chi connectivity index (χ2v) is 12.7. The molecule has 1 aliphatic rings. The molecule has 0 saturated carbocycles. The molecular formula is C29H35FN4O4S. The largest absolute Gasteiger partial charge is 0.493 e. The number of nitrogens with zero attached hydrogens (tertiary/aromatic N) is 2. The van der Waals surface area contributed by atoms with Crippen molar-refractivity contribution >= 4 is 27.4 Å². The van der Waals surface area contributed by atoms with E-state index in [1.165, 1.54) is 36.4 Å². The highest BCUT2D eigenvalue weighted by atomic mass is 32.2. The third-order valence-corrected chi connectivity index (χ3v) is 8.09. The molecule has 0 spiro atoms. The standard InChI is InChI=1S/C29H35FN4O4S/c1-18(2)17-38-23-14-20(13-21(30)15-23)26-10-9-25(27(32-26)34-19(3)11-12-29(34,4)5)28(35)33-39(36,37)24-8-6-7-22(31)16-24/h6-10,13-16,18-19H,11-12,17,31H2,1-5H3,(H,33,35). The van der Waals surface area contributed by atoms with Crippen molar-refractivity contribution in [2.24, 2.45) is 5.92 Å². The molecule has 4 rings (SSSR count). The quantitative estimate of drug-likeness (QED) is 0.359. The predicted octanol–water partition coefficient (Wildman–Crippen LogP) is 5.39. The maximum Gasteiger partial charge on any atom is 0.268 e. The molecule has 0 bridgehead atoms. The number of anilines is 2. The lowest BCUT2D eigenvalue weighted by Gasteiger charge is -2.37. The van der Waals surface area contributed by atoms with Crippen molar-refractivity contribution in [3.8, 4) is 17.0 Å². The zero-order valence-corrected chi connectivity index (χ0v) is 23.7. The molecule has 0 aliphatic carbocycles. The smallest absolute Gasteiger partial charge is 0.268 e. The topological polar surface area (TPSA) is 115 Å². The van der Waals surface area contributed by atoms with Crippen LogP contribution in [0.5, 0.6) is 5.75 Å². The van der Waals surface area contributed by atoms with E-state index in [-0.39, 0.29) is 33.6 Å². The SMILES string of the molecule is CC(C)COc1cc(F)cc(-c2ccc(C(=O)NS(=O)(=O)c3cccc(N)c3)c(N3C(C)CCC3(C)C)n2)c1. The molecule has 1 aliphatic heterocycles. The van der Waals surface area contributed by atoms with Gasteiger partial charge in [0.2, 0.25) is 0 Å². The number of hydrogen-bond acceptors (Lipinski definition) is 7. The van der Waals surface area contributed by atoms with Gasteiger partial charge in [0.1, 0.15) is 17.4 Å². The molecule has 2 aromatic carbocycles. The Hall–Kier alpha value is -3.66. The monoisotopic (exact) mass is 554 g/mol. The second-order valence-electron chi connectivity index (χ2n) is 11.0. The van der Waals surface area contributed by atoms with Crippen LogP contribution in [0.15, 0.2) is 59.5 Å². The first-order chi connectivity index (χ1) is 18.3. The van der Waals surface area contributed by atoms with Gasteiger partial charge in [0.15, 0.2) is 0 Å². The minimum Gasteiger partial charge on any atom is -0.493 e. The van der Waals surface area contributed by atoms with Gasteiger partial charge in [-0.3, -0.25) is 4.79 Å². The average Bonchev–Trinajstić information content (AvgIpc) is 3.13. The molecule has 1 fully saturated rings. The predicted molar refractivity (Wildman–Crippen MR) is 151 cm³/mol. The van der Waals surface area contributed by atoms with Crippen molar-refractivity contribution in [1.29, 1.82) is 0 Å². The number of rotatable bonds is 8. The summed E-state index contributed by atoms with van der Waals surface area (Å²) in [5, 5.41) is 0. The normalized spacial score (nSPS) is 16.9. The van der Waals surface area contributed by atoms with E-state index in [0.29, 0.717) is 29.4 Å². The molecule has 1 aromatic heterocycles. The van der Waals surface area contributed by atoms with E-state index >= 15 is 0 Å². The summed E-state index contributed by atoms with van der Waals surface area (Å²) < 4.78 is 48.4. The molecule has 8 nitrogen and oxygen atoms in total. The molecule has 1 unspecified atom stereocenters. The van der Waals surface area contributed by atoms with E-state index in [9.17, 15) is 17.6 Å². The Balaban J connectivity index is 1.78. The fraction of sp³-hybridized carbons (Fsp3) is 0.379. The van der Waals surface area contributed by atoms with E-state index in [1.54, 1.807) is 18.2 Å². The lowest BCUT2D eigenvalue weighted by atomic mass is 10.0. The van der Waals surface area contributed by atoms with Gasteiger partial charge < -0.3 is 15.4 Å². The van der Waals surface area contributed by atoms with E-state index in [4.69, 9.17) is 15.5 Å². The molecule has 3 aromatic rings. The third kappa shape index (κ3) is 6.33. The van der Waals surface area contributed by atoms with E-state index in [1.807, 2.05) is 25.7 Å². The Morgan fingerprint density at radius 1 is 1.21 bits per heavy atom. The number of aromatic nitrogens is 1. The minimum absolute atomic E-state index is 0.0391. The number of nitrogens with one attached hydrogen (secondary N) is 1. The highest BCUT2D eigenvalue weighted by molar-refractivity contribution is 7.90. The Kier molecular flexibility index (Phi) is 7.88. The van der Waals surface area contributed by atoms with Gasteiger partial charge in [-0.15, -0.1) is 0 Å². The van der Waals surface area contributed by atoms with Crippen molar-refractivity contribution in [1.82, 2.24) is 9.71 Å². The van der Waals surface area contributed by atoms with E-state index < -0.39 is 21.7 Å². The molecule has 1 amide bonds. The molecule has 2 heterocycles. The maximum absolute atomic E-state index is 14.5. The minimum atomic E-state index is -4.19. The number of carbonyl (C=O) groups excluding carboxylic acids is 1. The first-order valence-electron chi connectivity index (χ1n) is 12.9. The van der Waals surface area contributed by atoms with E-state index in [2.05, 4.69) is 18.6 Å². The van der Waals surface area contributed by atoms with Gasteiger partial charge in [0.05, 0.1) is 22.8 Å². The molecule has 3 N–H and O–H groups in total. The zero-order valence-electron chi connectivity index (χ0n) is 22.9. The van der Waals surface area contributed by atoms with Crippen LogP contribution in [0.25, 0.3) is 11.3 Å². The van der Waals surface area contributed by atoms with Crippen LogP contribution < -0.4 is 20.1 Å². The van der Waals surface area contributed by atoms with Gasteiger partial charge >= 0.3 is 0 Å². The number of benzene rings is 2. The highest BCUT2D eigenvalue weighted by Gasteiger charge is 2.40. The van der Waals surface area contributed by atoms with Gasteiger partial charge in [-0.2, -0.15) is 0 Å². The zero-order chi connectivity index (χ0) is 28.5. The number of nitrogen functional groups attached to an aromatic ring is 1. The third-order valence-electron chi connectivity index (χ3n) is 6.76. The van der Waals surface area contributed by atoms with Gasteiger partial charge in [0, 0.05) is 28.9 Å². The Labute approximate surface area is 229 Å². The molecule has 1 saturated heterocycles. The van der Waals surface area contributed by atoms with Crippen molar-refractivity contribution in [2.75, 3.05) is 17.2 Å². The number of sulfonamides is 1. The average molecular weight is 555 g/mol. The summed E-state index contributed by atoms with van der Waals surface area (Å²) in [4.78, 5) is 20.2. The van der Waals surface area contributed by atoms with Crippen LogP contribution in [0.3, 0.4) is 0 Å². The van der Waals surface area contributed by atoms with Crippen LogP contribution in [0, 0.1) is 11.7 Å². The maximum atomic E-state index is 14.5. The van der Waals surface area contributed by atoms with Crippen LogP contribution in [0.4, 0.5) is 15.9 Å². The number of hydrogen-bond donors (Lipinski definition) is 2. The highest BCUT2D eigenvalue weighted by Crippen LogP contribution is 2.39. The van der Waals surface area contributed by atoms with E-state index in [0.717, 1.165) is 12.8 Å². The fourth-order valence-corrected chi connectivity index (χ4v) is 5.87. The molecule has 208 valence electrons. The first-order valence-corrected chi connectivity index (χ1v) is 14.4. The molecule has 1 atom stereocenters. The number of halogens is 1. The lowest BCUT2D eigenvalue weighted by Crippen LogP contribution is -2.44. The van der Waals surface area contributed by atoms with Crippen molar-refractivity contribution in [3.05, 3.63) is 66.0 Å². The fourth-order valence-electron chi connectivity index (χ4n) is 4.85. The number of nitrogens with two attached hydrogens (primary N) is 1. The molecule has 39 heavy (non-hydrogen) atoms. The molecule has 0 radical (unpaired) electrons. The number of ether oxygens (including phenoxy) is 1. The van der Waals surface area contributed by atoms with Crippen LogP contribution in [0.1, 0.15) is 57.8 Å². The van der Waals surface area contributed by atoms with Crippen LogP contribution in [-0.2, 0) is 10.0 Å². The Morgan fingerprint density at radius 2 is 1.95 bits per heavy atom. The summed E-state index contributed by atoms with van der Waals surface area (Å²) >= 11 is 0. The summed E-state index contributed by atoms with van der Waals surface area (Å²) in [6, 6.07) is 13.3. The molecule has 10 heteroatoms. The van der Waals surface area contributed by atoms with Gasteiger partial charge in [-0.25, -0.2) is 22.5 Å². The van der Waals surface area contributed by atoms with Crippen LogP contribution in [0.2, 0.25) is 0 Å². The Bertz CT molecular complexity index is 1490. The summed E-state index contributed by atoms with van der Waals surface area (Å²) in [5.41, 5.74) is 6.68. The van der Waals surface area contributed by atoms with Crippen molar-refractivity contribution in [2.45, 2.75) is 63.9 Å². The molecular weight excluding hydrogens is 519 g/mol. The second kappa shape index (κ2) is 10.8. The van der Waals surface area contributed by atoms with Gasteiger partial charge in [0.25, 0.3) is 15.9 Å². The lowest BCUT2D eigenvalue weighted by molar-refractivity contribution is 0.0981.